The minimum absolute atomic E-state index is 0.0444. The fourth-order valence-electron chi connectivity index (χ4n) is 7.01. The van der Waals surface area contributed by atoms with E-state index in [1.165, 1.54) is 141 Å². The second kappa shape index (κ2) is 34.3. The lowest BCUT2D eigenvalue weighted by atomic mass is 9.89. The molecule has 0 aromatic heterocycles. The van der Waals surface area contributed by atoms with E-state index in [1.54, 1.807) is 0 Å². The number of hydrogen-bond acceptors (Lipinski definition) is 5. The van der Waals surface area contributed by atoms with Crippen LogP contribution in [0.15, 0.2) is 12.2 Å². The molecule has 282 valence electrons. The summed E-state index contributed by atoms with van der Waals surface area (Å²) in [6.45, 7) is 8.78. The molecule has 1 rings (SSSR count). The summed E-state index contributed by atoms with van der Waals surface area (Å²) < 4.78 is 18.0. The van der Waals surface area contributed by atoms with Crippen LogP contribution in [-0.2, 0) is 23.8 Å². The normalized spacial score (nSPS) is 17.1. The van der Waals surface area contributed by atoms with Gasteiger partial charge in [0, 0.05) is 32.0 Å². The Kier molecular flexibility index (Phi) is 32.0. The van der Waals surface area contributed by atoms with Crippen LogP contribution in [0.4, 0.5) is 0 Å². The van der Waals surface area contributed by atoms with Gasteiger partial charge in [0.2, 0.25) is 0 Å². The van der Waals surface area contributed by atoms with Gasteiger partial charge < -0.3 is 14.2 Å². The van der Waals surface area contributed by atoms with E-state index in [4.69, 9.17) is 14.2 Å². The van der Waals surface area contributed by atoms with Gasteiger partial charge in [0.15, 0.2) is 0 Å². The highest BCUT2D eigenvalue weighted by molar-refractivity contribution is 5.84. The number of ketones is 1. The van der Waals surface area contributed by atoms with Crippen LogP contribution < -0.4 is 0 Å². The third kappa shape index (κ3) is 26.6. The quantitative estimate of drug-likeness (QED) is 0.0375. The predicted molar refractivity (Wildman–Crippen MR) is 204 cm³/mol. The Hall–Kier alpha value is -1.20. The monoisotopic (exact) mass is 677 g/mol. The molecule has 1 aliphatic carbocycles. The molecular weight excluding hydrogens is 596 g/mol. The van der Waals surface area contributed by atoms with Crippen LogP contribution in [0.1, 0.15) is 207 Å². The first-order valence-electron chi connectivity index (χ1n) is 21.1. The number of unbranched alkanes of at least 4 members (excludes halogenated alkanes) is 22. The van der Waals surface area contributed by atoms with Gasteiger partial charge in [-0.15, -0.1) is 0 Å². The van der Waals surface area contributed by atoms with Crippen molar-refractivity contribution in [2.45, 2.75) is 213 Å². The number of carbonyl (C=O) groups is 2. The molecule has 0 aliphatic heterocycles. The van der Waals surface area contributed by atoms with Crippen LogP contribution in [0.2, 0.25) is 0 Å². The molecule has 0 aromatic carbocycles. The van der Waals surface area contributed by atoms with Crippen LogP contribution in [0.25, 0.3) is 0 Å². The maximum atomic E-state index is 12.8. The van der Waals surface area contributed by atoms with Crippen LogP contribution in [0.5, 0.6) is 0 Å². The molecule has 0 saturated heterocycles. The molecular formula is C43H80O5. The van der Waals surface area contributed by atoms with Gasteiger partial charge in [0.25, 0.3) is 0 Å². The molecule has 5 heteroatoms. The van der Waals surface area contributed by atoms with Gasteiger partial charge in [-0.2, -0.15) is 0 Å². The molecule has 0 amide bonds. The Morgan fingerprint density at radius 3 is 1.62 bits per heavy atom. The van der Waals surface area contributed by atoms with Crippen molar-refractivity contribution in [1.82, 2.24) is 0 Å². The Labute approximate surface area is 298 Å². The van der Waals surface area contributed by atoms with Crippen LogP contribution >= 0.6 is 0 Å². The third-order valence-electron chi connectivity index (χ3n) is 10.2. The molecule has 0 radical (unpaired) electrons. The average molecular weight is 677 g/mol. The smallest absolute Gasteiger partial charge is 0.306 e. The highest BCUT2D eigenvalue weighted by Crippen LogP contribution is 2.34. The fourth-order valence-corrected chi connectivity index (χ4v) is 7.01. The topological polar surface area (TPSA) is 61.8 Å². The van der Waals surface area contributed by atoms with E-state index >= 15 is 0 Å². The summed E-state index contributed by atoms with van der Waals surface area (Å²) in [7, 11) is 0. The average Bonchev–Trinajstić information content (AvgIpc) is 3.43. The van der Waals surface area contributed by atoms with E-state index < -0.39 is 0 Å². The minimum Gasteiger partial charge on any atom is -0.463 e. The summed E-state index contributed by atoms with van der Waals surface area (Å²) in [5.74, 6) is 0.133. The molecule has 1 aliphatic rings. The molecule has 5 nitrogen and oxygen atoms in total. The molecule has 48 heavy (non-hydrogen) atoms. The molecule has 1 fully saturated rings. The Bertz CT molecular complexity index is 749. The van der Waals surface area contributed by atoms with Gasteiger partial charge >= 0.3 is 5.97 Å². The number of rotatable bonds is 36. The van der Waals surface area contributed by atoms with Gasteiger partial charge in [0.05, 0.1) is 6.61 Å². The van der Waals surface area contributed by atoms with Crippen molar-refractivity contribution < 1.29 is 23.8 Å². The maximum absolute atomic E-state index is 12.8. The number of hydrogen-bond donors (Lipinski definition) is 0. The third-order valence-corrected chi connectivity index (χ3v) is 10.2. The van der Waals surface area contributed by atoms with Crippen LogP contribution in [-0.4, -0.2) is 44.3 Å². The van der Waals surface area contributed by atoms with Crippen molar-refractivity contribution in [2.75, 3.05) is 26.4 Å². The highest BCUT2D eigenvalue weighted by Gasteiger charge is 2.35. The number of esters is 1. The highest BCUT2D eigenvalue weighted by atomic mass is 16.6. The summed E-state index contributed by atoms with van der Waals surface area (Å²) >= 11 is 0. The van der Waals surface area contributed by atoms with E-state index in [9.17, 15) is 9.59 Å². The van der Waals surface area contributed by atoms with Gasteiger partial charge in [-0.1, -0.05) is 174 Å². The lowest BCUT2D eigenvalue weighted by molar-refractivity contribution is -0.151. The van der Waals surface area contributed by atoms with Crippen LogP contribution in [0.3, 0.4) is 0 Å². The van der Waals surface area contributed by atoms with Gasteiger partial charge in [-0.3, -0.25) is 9.59 Å². The maximum Gasteiger partial charge on any atom is 0.306 e. The summed E-state index contributed by atoms with van der Waals surface area (Å²) in [5.41, 5.74) is 0. The lowest BCUT2D eigenvalue weighted by Gasteiger charge is -2.20. The van der Waals surface area contributed by atoms with Gasteiger partial charge in [-0.25, -0.2) is 0 Å². The second-order valence-electron chi connectivity index (χ2n) is 14.7. The summed E-state index contributed by atoms with van der Waals surface area (Å²) in [4.78, 5) is 25.2. The van der Waals surface area contributed by atoms with Crippen molar-refractivity contribution in [1.29, 1.82) is 0 Å². The van der Waals surface area contributed by atoms with E-state index in [-0.39, 0.29) is 30.5 Å². The molecule has 3 atom stereocenters. The minimum atomic E-state index is -0.229. The SMILES string of the molecule is CC/C=C\CC1C(=O)CCC1CC(=O)OCC(COCCCCCCCCCCCCCC)OCCCCCCCCCCCCCC. The first kappa shape index (κ1) is 44.8. The predicted octanol–water partition coefficient (Wildman–Crippen LogP) is 12.7. The van der Waals surface area contributed by atoms with Crippen molar-refractivity contribution in [3.63, 3.8) is 0 Å². The molecule has 0 heterocycles. The zero-order valence-electron chi connectivity index (χ0n) is 32.3. The molecule has 0 N–H and O–H groups in total. The number of allylic oxidation sites excluding steroid dienone is 2. The molecule has 3 unspecified atom stereocenters. The number of carbonyl (C=O) groups excluding carboxylic acids is 2. The van der Waals surface area contributed by atoms with E-state index in [1.807, 2.05) is 0 Å². The Morgan fingerprint density at radius 2 is 1.12 bits per heavy atom. The summed E-state index contributed by atoms with van der Waals surface area (Å²) in [6.07, 6.45) is 39.2. The number of ether oxygens (including phenoxy) is 3. The first-order chi connectivity index (χ1) is 23.6. The molecule has 0 bridgehead atoms. The number of Topliss-reactive ketones (excluding diaryl/α,β-unsaturated/α-hetero) is 1. The van der Waals surface area contributed by atoms with E-state index in [0.29, 0.717) is 31.8 Å². The zero-order chi connectivity index (χ0) is 34.8. The first-order valence-corrected chi connectivity index (χ1v) is 21.1. The van der Waals surface area contributed by atoms with Crippen LogP contribution in [0, 0.1) is 11.8 Å². The van der Waals surface area contributed by atoms with E-state index in [0.717, 1.165) is 38.7 Å². The van der Waals surface area contributed by atoms with Gasteiger partial charge in [-0.05, 0) is 38.0 Å². The van der Waals surface area contributed by atoms with E-state index in [2.05, 4.69) is 32.9 Å². The van der Waals surface area contributed by atoms with Crippen molar-refractivity contribution in [2.24, 2.45) is 11.8 Å². The molecule has 0 spiro atoms. The summed E-state index contributed by atoms with van der Waals surface area (Å²) in [6, 6.07) is 0. The van der Waals surface area contributed by atoms with Crippen molar-refractivity contribution in [3.05, 3.63) is 12.2 Å². The van der Waals surface area contributed by atoms with Crippen molar-refractivity contribution in [3.8, 4) is 0 Å². The summed E-state index contributed by atoms with van der Waals surface area (Å²) in [5, 5.41) is 0. The second-order valence-corrected chi connectivity index (χ2v) is 14.7. The molecule has 1 saturated carbocycles. The lowest BCUT2D eigenvalue weighted by Crippen LogP contribution is -2.29. The Balaban J connectivity index is 2.28. The molecule has 0 aromatic rings. The zero-order valence-corrected chi connectivity index (χ0v) is 32.3. The largest absolute Gasteiger partial charge is 0.463 e. The standard InChI is InChI=1S/C43H80O5/c1-4-7-10-12-14-16-18-20-22-24-26-29-34-46-37-40(47-35-30-27-25-23-21-19-17-15-13-11-8-5-2)38-48-43(45)36-39-32-33-42(44)41(39)31-28-9-6-3/h9,28,39-41H,4-8,10-27,29-38H2,1-3H3/b28-9-. The van der Waals surface area contributed by atoms with Crippen molar-refractivity contribution >= 4 is 11.8 Å². The van der Waals surface area contributed by atoms with Gasteiger partial charge in [0.1, 0.15) is 18.5 Å². The fraction of sp³-hybridized carbons (Fsp3) is 0.907. The Morgan fingerprint density at radius 1 is 0.646 bits per heavy atom.